The van der Waals surface area contributed by atoms with Crippen LogP contribution in [0.3, 0.4) is 0 Å². The second-order valence-corrected chi connectivity index (χ2v) is 5.49. The predicted octanol–water partition coefficient (Wildman–Crippen LogP) is 1.82. The largest absolute Gasteiger partial charge is 0.496 e. The maximum Gasteiger partial charge on any atom is 0.255 e. The quantitative estimate of drug-likeness (QED) is 0.630. The van der Waals surface area contributed by atoms with Crippen LogP contribution in [0.5, 0.6) is 5.75 Å². The first-order valence-electron chi connectivity index (χ1n) is 8.16. The molecule has 0 aliphatic heterocycles. The Balaban J connectivity index is 1.54. The summed E-state index contributed by atoms with van der Waals surface area (Å²) in [5.74, 6) is 2.62. The zero-order chi connectivity index (χ0) is 18.4. The van der Waals surface area contributed by atoms with Crippen LogP contribution in [0.25, 0.3) is 5.82 Å². The molecule has 26 heavy (non-hydrogen) atoms. The number of rotatable bonds is 7. The summed E-state index contributed by atoms with van der Waals surface area (Å²) in [6.07, 6.45) is 5.05. The molecule has 0 saturated heterocycles. The van der Waals surface area contributed by atoms with Gasteiger partial charge in [0.25, 0.3) is 5.91 Å². The molecule has 8 heteroatoms. The van der Waals surface area contributed by atoms with Gasteiger partial charge in [0.05, 0.1) is 12.7 Å². The van der Waals surface area contributed by atoms with Gasteiger partial charge in [-0.1, -0.05) is 12.1 Å². The molecule has 134 valence electrons. The van der Waals surface area contributed by atoms with Crippen LogP contribution in [0.2, 0.25) is 0 Å². The summed E-state index contributed by atoms with van der Waals surface area (Å²) in [6.45, 7) is 2.88. The predicted molar refractivity (Wildman–Crippen MR) is 97.7 cm³/mol. The van der Waals surface area contributed by atoms with Crippen LogP contribution in [-0.2, 0) is 0 Å². The average Bonchev–Trinajstić information content (AvgIpc) is 3.11. The Labute approximate surface area is 151 Å². The number of aryl methyl sites for hydroxylation is 1. The van der Waals surface area contributed by atoms with Crippen LogP contribution in [0, 0.1) is 6.92 Å². The highest BCUT2D eigenvalue weighted by Gasteiger charge is 2.10. The summed E-state index contributed by atoms with van der Waals surface area (Å²) in [5, 5.41) is 6.03. The standard InChI is InChI=1S/C18H20N6O2/c1-13-19-9-10-24(13)17-11-16(22-12-23-17)20-7-8-21-18(25)14-5-3-4-6-15(14)26-2/h3-6,9-12H,7-8H2,1-2H3,(H,21,25)(H,20,22,23). The molecule has 0 fully saturated rings. The fourth-order valence-electron chi connectivity index (χ4n) is 2.49. The number of hydrogen-bond donors (Lipinski definition) is 2. The number of benzene rings is 1. The van der Waals surface area contributed by atoms with E-state index in [9.17, 15) is 4.79 Å². The maximum absolute atomic E-state index is 12.2. The van der Waals surface area contributed by atoms with E-state index in [4.69, 9.17) is 4.74 Å². The summed E-state index contributed by atoms with van der Waals surface area (Å²) in [6, 6.07) is 8.94. The lowest BCUT2D eigenvalue weighted by Gasteiger charge is -2.10. The lowest BCUT2D eigenvalue weighted by molar-refractivity contribution is 0.0952. The molecule has 2 heterocycles. The molecule has 0 spiro atoms. The van der Waals surface area contributed by atoms with Crippen molar-refractivity contribution in [1.82, 2.24) is 24.8 Å². The van der Waals surface area contributed by atoms with Crippen LogP contribution in [0.4, 0.5) is 5.82 Å². The van der Waals surface area contributed by atoms with E-state index in [0.29, 0.717) is 30.2 Å². The lowest BCUT2D eigenvalue weighted by atomic mass is 10.2. The van der Waals surface area contributed by atoms with Gasteiger partial charge in [-0.2, -0.15) is 0 Å². The topological polar surface area (TPSA) is 94.0 Å². The fraction of sp³-hybridized carbons (Fsp3) is 0.222. The summed E-state index contributed by atoms with van der Waals surface area (Å²) >= 11 is 0. The average molecular weight is 352 g/mol. The van der Waals surface area contributed by atoms with Gasteiger partial charge in [-0.15, -0.1) is 0 Å². The Hall–Kier alpha value is -3.42. The summed E-state index contributed by atoms with van der Waals surface area (Å²) in [4.78, 5) is 24.9. The number of imidazole rings is 1. The number of hydrogen-bond acceptors (Lipinski definition) is 6. The highest BCUT2D eigenvalue weighted by molar-refractivity contribution is 5.96. The van der Waals surface area contributed by atoms with E-state index in [1.165, 1.54) is 6.33 Å². The minimum absolute atomic E-state index is 0.179. The van der Waals surface area contributed by atoms with Gasteiger partial charge >= 0.3 is 0 Å². The van der Waals surface area contributed by atoms with Crippen molar-refractivity contribution in [2.45, 2.75) is 6.92 Å². The third-order valence-electron chi connectivity index (χ3n) is 3.79. The van der Waals surface area contributed by atoms with E-state index in [2.05, 4.69) is 25.6 Å². The van der Waals surface area contributed by atoms with Gasteiger partial charge in [0.15, 0.2) is 0 Å². The SMILES string of the molecule is COc1ccccc1C(=O)NCCNc1cc(-n2ccnc2C)ncn1. The molecule has 0 atom stereocenters. The van der Waals surface area contributed by atoms with Crippen molar-refractivity contribution < 1.29 is 9.53 Å². The van der Waals surface area contributed by atoms with E-state index in [1.54, 1.807) is 31.5 Å². The van der Waals surface area contributed by atoms with E-state index in [1.807, 2.05) is 29.8 Å². The number of ether oxygens (including phenoxy) is 1. The van der Waals surface area contributed by atoms with Crippen molar-refractivity contribution in [2.24, 2.45) is 0 Å². The van der Waals surface area contributed by atoms with Gasteiger partial charge in [-0.3, -0.25) is 9.36 Å². The molecule has 3 rings (SSSR count). The first-order valence-corrected chi connectivity index (χ1v) is 8.16. The highest BCUT2D eigenvalue weighted by Crippen LogP contribution is 2.16. The fourth-order valence-corrected chi connectivity index (χ4v) is 2.49. The molecule has 2 aromatic heterocycles. The molecule has 0 bridgehead atoms. The van der Waals surface area contributed by atoms with E-state index in [0.717, 1.165) is 11.6 Å². The Morgan fingerprint density at radius 3 is 2.81 bits per heavy atom. The number of amides is 1. The van der Waals surface area contributed by atoms with Crippen LogP contribution in [0.15, 0.2) is 49.1 Å². The zero-order valence-corrected chi connectivity index (χ0v) is 14.6. The highest BCUT2D eigenvalue weighted by atomic mass is 16.5. The Morgan fingerprint density at radius 2 is 2.04 bits per heavy atom. The van der Waals surface area contributed by atoms with Gasteiger partial charge in [-0.05, 0) is 19.1 Å². The van der Waals surface area contributed by atoms with Crippen molar-refractivity contribution in [3.8, 4) is 11.6 Å². The van der Waals surface area contributed by atoms with Crippen molar-refractivity contribution in [3.05, 3.63) is 60.4 Å². The summed E-state index contributed by atoms with van der Waals surface area (Å²) in [5.41, 5.74) is 0.509. The summed E-state index contributed by atoms with van der Waals surface area (Å²) in [7, 11) is 1.54. The first-order chi connectivity index (χ1) is 12.7. The monoisotopic (exact) mass is 352 g/mol. The Morgan fingerprint density at radius 1 is 1.19 bits per heavy atom. The molecular weight excluding hydrogens is 332 g/mol. The number of methoxy groups -OCH3 is 1. The molecule has 2 N–H and O–H groups in total. The number of aromatic nitrogens is 4. The van der Waals surface area contributed by atoms with Crippen molar-refractivity contribution in [2.75, 3.05) is 25.5 Å². The molecule has 0 radical (unpaired) electrons. The van der Waals surface area contributed by atoms with Gasteiger partial charge in [-0.25, -0.2) is 15.0 Å². The normalized spacial score (nSPS) is 10.4. The molecule has 0 aliphatic carbocycles. The maximum atomic E-state index is 12.2. The van der Waals surface area contributed by atoms with Crippen LogP contribution in [0.1, 0.15) is 16.2 Å². The minimum Gasteiger partial charge on any atom is -0.496 e. The van der Waals surface area contributed by atoms with Crippen LogP contribution in [-0.4, -0.2) is 45.6 Å². The molecule has 8 nitrogen and oxygen atoms in total. The number of carbonyl (C=O) groups excluding carboxylic acids is 1. The second kappa shape index (κ2) is 8.11. The number of nitrogens with one attached hydrogen (secondary N) is 2. The molecule has 0 unspecified atom stereocenters. The summed E-state index contributed by atoms with van der Waals surface area (Å²) < 4.78 is 7.07. The Bertz CT molecular complexity index is 893. The third-order valence-corrected chi connectivity index (χ3v) is 3.79. The number of nitrogens with zero attached hydrogens (tertiary/aromatic N) is 4. The van der Waals surface area contributed by atoms with Crippen molar-refractivity contribution in [3.63, 3.8) is 0 Å². The van der Waals surface area contributed by atoms with Gasteiger partial charge < -0.3 is 15.4 Å². The third kappa shape index (κ3) is 3.97. The van der Waals surface area contributed by atoms with E-state index >= 15 is 0 Å². The van der Waals surface area contributed by atoms with Crippen molar-refractivity contribution in [1.29, 1.82) is 0 Å². The molecule has 1 amide bonds. The Kier molecular flexibility index (Phi) is 5.43. The molecular formula is C18H20N6O2. The molecule has 1 aromatic carbocycles. The second-order valence-electron chi connectivity index (χ2n) is 5.49. The van der Waals surface area contributed by atoms with Crippen LogP contribution < -0.4 is 15.4 Å². The number of anilines is 1. The van der Waals surface area contributed by atoms with E-state index < -0.39 is 0 Å². The van der Waals surface area contributed by atoms with E-state index in [-0.39, 0.29) is 5.91 Å². The lowest BCUT2D eigenvalue weighted by Crippen LogP contribution is -2.29. The van der Waals surface area contributed by atoms with Crippen molar-refractivity contribution >= 4 is 11.7 Å². The van der Waals surface area contributed by atoms with Gasteiger partial charge in [0.2, 0.25) is 0 Å². The number of para-hydroxylation sites is 1. The number of carbonyl (C=O) groups is 1. The van der Waals surface area contributed by atoms with Gasteiger partial charge in [0, 0.05) is 31.5 Å². The zero-order valence-electron chi connectivity index (χ0n) is 14.6. The van der Waals surface area contributed by atoms with Gasteiger partial charge in [0.1, 0.15) is 29.5 Å². The minimum atomic E-state index is -0.179. The smallest absolute Gasteiger partial charge is 0.255 e. The molecule has 0 aliphatic rings. The molecule has 0 saturated carbocycles. The molecule has 3 aromatic rings. The van der Waals surface area contributed by atoms with Crippen LogP contribution >= 0.6 is 0 Å². The first kappa shape index (κ1) is 17.4.